The third-order valence-electron chi connectivity index (χ3n) is 6.26. The Hall–Kier alpha value is -3.43. The van der Waals surface area contributed by atoms with Crippen LogP contribution in [-0.2, 0) is 0 Å². The summed E-state index contributed by atoms with van der Waals surface area (Å²) in [5.41, 5.74) is 8.34. The van der Waals surface area contributed by atoms with Gasteiger partial charge in [-0.3, -0.25) is 4.98 Å². The van der Waals surface area contributed by atoms with E-state index < -0.39 is 17.7 Å². The molecule has 4 rings (SSSR count). The predicted octanol–water partition coefficient (Wildman–Crippen LogP) is 4.42. The van der Waals surface area contributed by atoms with Gasteiger partial charge in [0.2, 0.25) is 5.95 Å². The van der Waals surface area contributed by atoms with Crippen molar-refractivity contribution in [2.75, 3.05) is 5.32 Å². The van der Waals surface area contributed by atoms with E-state index in [1.165, 1.54) is 24.3 Å². The summed E-state index contributed by atoms with van der Waals surface area (Å²) in [6.45, 7) is 3.59. The van der Waals surface area contributed by atoms with Crippen LogP contribution in [0.25, 0.3) is 6.08 Å². The van der Waals surface area contributed by atoms with Crippen LogP contribution < -0.4 is 11.1 Å². The molecule has 1 aromatic carbocycles. The van der Waals surface area contributed by atoms with E-state index in [1.54, 1.807) is 25.5 Å². The number of nitrogens with zero attached hydrogens (tertiary/aromatic N) is 2. The molecule has 1 aliphatic carbocycles. The highest BCUT2D eigenvalue weighted by atomic mass is 19.1. The Morgan fingerprint density at radius 1 is 1.26 bits per heavy atom. The summed E-state index contributed by atoms with van der Waals surface area (Å²) in [7, 11) is 0. The van der Waals surface area contributed by atoms with Crippen molar-refractivity contribution >= 4 is 23.4 Å². The van der Waals surface area contributed by atoms with Gasteiger partial charge in [0.15, 0.2) is 0 Å². The maximum Gasteiger partial charge on any atom is 0.205 e. The number of imidazole rings is 1. The average molecular weight is 467 g/mol. The molecule has 3 aromatic rings. The summed E-state index contributed by atoms with van der Waals surface area (Å²) in [6, 6.07) is 4.06. The lowest BCUT2D eigenvalue weighted by Gasteiger charge is -2.36. The first-order valence-corrected chi connectivity index (χ1v) is 11.1. The van der Waals surface area contributed by atoms with Gasteiger partial charge in [-0.1, -0.05) is 6.92 Å². The van der Waals surface area contributed by atoms with Gasteiger partial charge in [0.05, 0.1) is 41.2 Å². The summed E-state index contributed by atoms with van der Waals surface area (Å²) in [5, 5.41) is 21.5. The molecule has 7 nitrogen and oxygen atoms in total. The number of benzene rings is 1. The lowest BCUT2D eigenvalue weighted by Crippen LogP contribution is -2.44. The molecule has 6 N–H and O–H groups in total. The lowest BCUT2D eigenvalue weighted by atomic mass is 9.74. The normalized spacial score (nSPS) is 22.8. The van der Waals surface area contributed by atoms with Gasteiger partial charge >= 0.3 is 0 Å². The number of aryl methyl sites for hydroxylation is 1. The minimum atomic E-state index is -0.771. The standard InChI is InChI=1S/C25H28F2N6O/c1-13-7-18(26)23(19(27)8-13)20(28)4-3-16-11-31-25(32-16)33-22-12-30-6-5-17(22)15-9-14(2)24(34)21(29)10-15/h3-8,11-12,14-15,21,24,28,34H,9-10,29H2,1-2H3,(H2,31,32,33)/b4-3-,28-20?. The SMILES string of the molecule is Cc1cc(F)c(C(=N)/C=C\c2cnc(Nc3cnccc3C3CC(C)C(O)C(N)C3)[nH]2)c(F)c1. The summed E-state index contributed by atoms with van der Waals surface area (Å²) in [4.78, 5) is 11.6. The molecule has 0 aliphatic heterocycles. The fourth-order valence-electron chi connectivity index (χ4n) is 4.52. The van der Waals surface area contributed by atoms with Crippen molar-refractivity contribution in [2.45, 2.75) is 44.8 Å². The van der Waals surface area contributed by atoms with Gasteiger partial charge in [0.1, 0.15) is 11.6 Å². The second-order valence-corrected chi connectivity index (χ2v) is 8.93. The van der Waals surface area contributed by atoms with Gasteiger partial charge < -0.3 is 26.6 Å². The number of hydrogen-bond donors (Lipinski definition) is 5. The topological polar surface area (TPSA) is 124 Å². The second kappa shape index (κ2) is 9.82. The third kappa shape index (κ3) is 5.05. The molecule has 9 heteroatoms. The van der Waals surface area contributed by atoms with E-state index in [4.69, 9.17) is 11.1 Å². The number of nitrogens with one attached hydrogen (secondary N) is 3. The highest BCUT2D eigenvalue weighted by Gasteiger charge is 2.33. The van der Waals surface area contributed by atoms with Crippen LogP contribution in [0.3, 0.4) is 0 Å². The van der Waals surface area contributed by atoms with Crippen molar-refractivity contribution in [2.24, 2.45) is 11.7 Å². The smallest absolute Gasteiger partial charge is 0.205 e. The first-order chi connectivity index (χ1) is 16.2. The number of pyridine rings is 1. The van der Waals surface area contributed by atoms with E-state index in [0.29, 0.717) is 23.6 Å². The number of nitrogens with two attached hydrogens (primary N) is 1. The van der Waals surface area contributed by atoms with Crippen LogP contribution in [0, 0.1) is 29.9 Å². The van der Waals surface area contributed by atoms with Gasteiger partial charge in [-0.05, 0) is 73.1 Å². The van der Waals surface area contributed by atoms with Crippen LogP contribution in [0.15, 0.2) is 42.9 Å². The number of rotatable bonds is 6. The molecule has 0 amide bonds. The number of hydrogen-bond acceptors (Lipinski definition) is 6. The van der Waals surface area contributed by atoms with Gasteiger partial charge in [0, 0.05) is 12.2 Å². The molecule has 1 fully saturated rings. The van der Waals surface area contributed by atoms with Gasteiger partial charge in [-0.15, -0.1) is 0 Å². The summed E-state index contributed by atoms with van der Waals surface area (Å²) < 4.78 is 28.2. The van der Waals surface area contributed by atoms with Crippen molar-refractivity contribution < 1.29 is 13.9 Å². The van der Waals surface area contributed by atoms with Gasteiger partial charge in [-0.25, -0.2) is 13.8 Å². The molecule has 0 saturated heterocycles. The molecule has 0 radical (unpaired) electrons. The zero-order valence-electron chi connectivity index (χ0n) is 19.0. The lowest BCUT2D eigenvalue weighted by molar-refractivity contribution is 0.0521. The van der Waals surface area contributed by atoms with E-state index in [1.807, 2.05) is 13.0 Å². The predicted molar refractivity (Wildman–Crippen MR) is 128 cm³/mol. The van der Waals surface area contributed by atoms with Crippen LogP contribution in [-0.4, -0.2) is 37.9 Å². The number of allylic oxidation sites excluding steroid dienone is 1. The van der Waals surface area contributed by atoms with Crippen molar-refractivity contribution in [3.05, 3.63) is 76.9 Å². The van der Waals surface area contributed by atoms with Crippen LogP contribution >= 0.6 is 0 Å². The quantitative estimate of drug-likeness (QED) is 0.344. The van der Waals surface area contributed by atoms with E-state index in [2.05, 4.69) is 20.3 Å². The molecular formula is C25H28F2N6O. The monoisotopic (exact) mass is 466 g/mol. The number of aliphatic hydroxyl groups excluding tert-OH is 1. The number of H-pyrrole nitrogens is 1. The fraction of sp³-hybridized carbons (Fsp3) is 0.320. The minimum Gasteiger partial charge on any atom is -0.391 e. The Balaban J connectivity index is 1.49. The number of aromatic amines is 1. The molecule has 178 valence electrons. The Kier molecular flexibility index (Phi) is 6.85. The van der Waals surface area contributed by atoms with Crippen LogP contribution in [0.5, 0.6) is 0 Å². The molecule has 1 aliphatic rings. The highest BCUT2D eigenvalue weighted by molar-refractivity contribution is 6.09. The van der Waals surface area contributed by atoms with Crippen molar-refractivity contribution in [3.63, 3.8) is 0 Å². The van der Waals surface area contributed by atoms with E-state index in [0.717, 1.165) is 17.7 Å². The molecule has 4 unspecified atom stereocenters. The third-order valence-corrected chi connectivity index (χ3v) is 6.26. The largest absolute Gasteiger partial charge is 0.391 e. The Labute approximate surface area is 196 Å². The maximum absolute atomic E-state index is 14.1. The molecular weight excluding hydrogens is 438 g/mol. The highest BCUT2D eigenvalue weighted by Crippen LogP contribution is 2.39. The van der Waals surface area contributed by atoms with Crippen LogP contribution in [0.2, 0.25) is 0 Å². The molecule has 1 saturated carbocycles. The number of anilines is 2. The molecule has 0 bridgehead atoms. The van der Waals surface area contributed by atoms with Crippen molar-refractivity contribution in [1.82, 2.24) is 15.0 Å². The summed E-state index contributed by atoms with van der Waals surface area (Å²) in [5.74, 6) is -0.817. The van der Waals surface area contributed by atoms with Crippen LogP contribution in [0.1, 0.15) is 48.1 Å². The first kappa shape index (κ1) is 23.7. The molecule has 4 atom stereocenters. The van der Waals surface area contributed by atoms with Gasteiger partial charge in [0.25, 0.3) is 0 Å². The average Bonchev–Trinajstić information content (AvgIpc) is 3.22. The molecule has 34 heavy (non-hydrogen) atoms. The maximum atomic E-state index is 14.1. The van der Waals surface area contributed by atoms with Crippen LogP contribution in [0.4, 0.5) is 20.4 Å². The van der Waals surface area contributed by atoms with E-state index >= 15 is 0 Å². The molecule has 2 heterocycles. The minimum absolute atomic E-state index is 0.0913. The summed E-state index contributed by atoms with van der Waals surface area (Å²) in [6.07, 6.45) is 8.83. The molecule has 0 spiro atoms. The number of halogens is 2. The Morgan fingerprint density at radius 2 is 2.00 bits per heavy atom. The first-order valence-electron chi connectivity index (χ1n) is 11.1. The Bertz CT molecular complexity index is 1190. The zero-order chi connectivity index (χ0) is 24.4. The van der Waals surface area contributed by atoms with Crippen molar-refractivity contribution in [3.8, 4) is 0 Å². The second-order valence-electron chi connectivity index (χ2n) is 8.93. The summed E-state index contributed by atoms with van der Waals surface area (Å²) >= 11 is 0. The molecule has 2 aromatic heterocycles. The zero-order valence-corrected chi connectivity index (χ0v) is 19.0. The van der Waals surface area contributed by atoms with E-state index in [9.17, 15) is 13.9 Å². The fourth-order valence-corrected chi connectivity index (χ4v) is 4.52. The van der Waals surface area contributed by atoms with E-state index in [-0.39, 0.29) is 29.2 Å². The number of aromatic nitrogens is 3. The van der Waals surface area contributed by atoms with Crippen molar-refractivity contribution in [1.29, 1.82) is 5.41 Å². The Morgan fingerprint density at radius 3 is 2.71 bits per heavy atom. The number of aliphatic hydroxyl groups is 1. The van der Waals surface area contributed by atoms with Gasteiger partial charge in [-0.2, -0.15) is 0 Å².